The summed E-state index contributed by atoms with van der Waals surface area (Å²) in [6.07, 6.45) is -4.36. The molecule has 0 bridgehead atoms. The fourth-order valence-corrected chi connectivity index (χ4v) is 2.81. The minimum atomic E-state index is -4.37. The van der Waals surface area contributed by atoms with Crippen LogP contribution in [0.15, 0.2) is 18.2 Å². The van der Waals surface area contributed by atoms with Gasteiger partial charge >= 0.3 is 6.18 Å². The van der Waals surface area contributed by atoms with E-state index in [4.69, 9.17) is 4.74 Å². The van der Waals surface area contributed by atoms with Gasteiger partial charge in [0.15, 0.2) is 0 Å². The van der Waals surface area contributed by atoms with Crippen LogP contribution in [0.4, 0.5) is 13.2 Å². The summed E-state index contributed by atoms with van der Waals surface area (Å²) < 4.78 is 45.3. The Morgan fingerprint density at radius 2 is 1.93 bits per heavy atom. The maximum Gasteiger partial charge on any atom is 0.405 e. The van der Waals surface area contributed by atoms with Gasteiger partial charge in [-0.2, -0.15) is 13.2 Å². The van der Waals surface area contributed by atoms with E-state index in [1.807, 2.05) is 32.0 Å². The number of nitrogens with one attached hydrogen (secondary N) is 2. The van der Waals surface area contributed by atoms with E-state index in [-0.39, 0.29) is 25.4 Å². The Bertz CT molecular complexity index is 608. The number of carbonyl (C=O) groups is 1. The standard InChI is InChI=1S/C18H26F3N3O2.ClH/c1-13-3-4-15(11-14(13)2)26-10-5-17(25)23-12-16(18(19,20)21)24-8-6-22-7-9-24;/h3-4,11,16,22H,5-10,12H2,1-2H3,(H,23,25);1H. The van der Waals surface area contributed by atoms with Crippen molar-refractivity contribution in [2.24, 2.45) is 0 Å². The van der Waals surface area contributed by atoms with Crippen LogP contribution in [0.2, 0.25) is 0 Å². The van der Waals surface area contributed by atoms with Gasteiger partial charge in [0.25, 0.3) is 0 Å². The Balaban J connectivity index is 0.00000364. The third-order valence-corrected chi connectivity index (χ3v) is 4.54. The van der Waals surface area contributed by atoms with Gasteiger partial charge in [-0.3, -0.25) is 9.69 Å². The number of aryl methyl sites for hydroxylation is 2. The molecular formula is C18H27ClF3N3O2. The molecule has 1 heterocycles. The fourth-order valence-electron chi connectivity index (χ4n) is 2.81. The number of rotatable bonds is 7. The largest absolute Gasteiger partial charge is 0.493 e. The highest BCUT2D eigenvalue weighted by Crippen LogP contribution is 2.24. The van der Waals surface area contributed by atoms with Gasteiger partial charge in [-0.05, 0) is 37.1 Å². The molecule has 1 aliphatic heterocycles. The molecule has 0 aliphatic carbocycles. The molecule has 1 aromatic rings. The summed E-state index contributed by atoms with van der Waals surface area (Å²) in [5.74, 6) is 0.202. The number of amides is 1. The van der Waals surface area contributed by atoms with Gasteiger partial charge in [0.2, 0.25) is 5.91 Å². The molecule has 2 rings (SSSR count). The van der Waals surface area contributed by atoms with Gasteiger partial charge in [-0.1, -0.05) is 6.07 Å². The molecular weight excluding hydrogens is 383 g/mol. The van der Waals surface area contributed by atoms with Crippen LogP contribution in [0.5, 0.6) is 5.75 Å². The van der Waals surface area contributed by atoms with Gasteiger partial charge in [-0.15, -0.1) is 12.4 Å². The molecule has 0 saturated carbocycles. The number of halogens is 4. The Morgan fingerprint density at radius 1 is 1.26 bits per heavy atom. The Labute approximate surface area is 164 Å². The first-order chi connectivity index (χ1) is 12.3. The van der Waals surface area contributed by atoms with Crippen LogP contribution in [-0.4, -0.2) is 62.4 Å². The lowest BCUT2D eigenvalue weighted by molar-refractivity contribution is -0.184. The third kappa shape index (κ3) is 7.56. The second-order valence-corrected chi connectivity index (χ2v) is 6.49. The number of nitrogens with zero attached hydrogens (tertiary/aromatic N) is 1. The minimum Gasteiger partial charge on any atom is -0.493 e. The van der Waals surface area contributed by atoms with E-state index in [0.717, 1.165) is 11.1 Å². The van der Waals surface area contributed by atoms with E-state index in [2.05, 4.69) is 10.6 Å². The Kier molecular flexibility index (Phi) is 9.35. The third-order valence-electron chi connectivity index (χ3n) is 4.54. The molecule has 1 fully saturated rings. The highest BCUT2D eigenvalue weighted by molar-refractivity contribution is 5.85. The van der Waals surface area contributed by atoms with Gasteiger partial charge in [0.1, 0.15) is 11.8 Å². The van der Waals surface area contributed by atoms with Crippen LogP contribution in [0.25, 0.3) is 0 Å². The van der Waals surface area contributed by atoms with E-state index < -0.39 is 24.7 Å². The quantitative estimate of drug-likeness (QED) is 0.726. The average molecular weight is 410 g/mol. The van der Waals surface area contributed by atoms with Crippen LogP contribution < -0.4 is 15.4 Å². The fraction of sp³-hybridized carbons (Fsp3) is 0.611. The second kappa shape index (κ2) is 10.7. The summed E-state index contributed by atoms with van der Waals surface area (Å²) >= 11 is 0. The number of hydrogen-bond acceptors (Lipinski definition) is 4. The van der Waals surface area contributed by atoms with Crippen molar-refractivity contribution in [2.75, 3.05) is 39.3 Å². The molecule has 1 saturated heterocycles. The maximum atomic E-state index is 13.3. The van der Waals surface area contributed by atoms with E-state index in [1.54, 1.807) is 0 Å². The summed E-state index contributed by atoms with van der Waals surface area (Å²) in [6.45, 7) is 5.30. The van der Waals surface area contributed by atoms with Crippen molar-refractivity contribution in [3.8, 4) is 5.75 Å². The van der Waals surface area contributed by atoms with Crippen LogP contribution >= 0.6 is 12.4 Å². The molecule has 0 aromatic heterocycles. The number of benzene rings is 1. The molecule has 9 heteroatoms. The van der Waals surface area contributed by atoms with Gasteiger partial charge in [-0.25, -0.2) is 0 Å². The predicted molar refractivity (Wildman–Crippen MR) is 101 cm³/mol. The molecule has 5 nitrogen and oxygen atoms in total. The van der Waals surface area contributed by atoms with E-state index >= 15 is 0 Å². The van der Waals surface area contributed by atoms with Crippen LogP contribution in [0, 0.1) is 13.8 Å². The van der Waals surface area contributed by atoms with E-state index in [1.165, 1.54) is 4.90 Å². The van der Waals surface area contributed by atoms with Crippen LogP contribution in [0.1, 0.15) is 17.5 Å². The van der Waals surface area contributed by atoms with E-state index in [0.29, 0.717) is 31.9 Å². The molecule has 0 spiro atoms. The smallest absolute Gasteiger partial charge is 0.405 e. The number of hydrogen-bond donors (Lipinski definition) is 2. The normalized spacial score (nSPS) is 16.3. The molecule has 0 radical (unpaired) electrons. The Hall–Kier alpha value is -1.51. The number of alkyl halides is 3. The summed E-state index contributed by atoms with van der Waals surface area (Å²) in [5, 5.41) is 5.42. The SMILES string of the molecule is Cc1ccc(OCCC(=O)NCC(N2CCNCC2)C(F)(F)F)cc1C.Cl. The predicted octanol–water partition coefficient (Wildman–Crippen LogP) is 2.45. The van der Waals surface area contributed by atoms with Crippen LogP contribution in [0.3, 0.4) is 0 Å². The summed E-state index contributed by atoms with van der Waals surface area (Å²) in [7, 11) is 0. The highest BCUT2D eigenvalue weighted by Gasteiger charge is 2.43. The lowest BCUT2D eigenvalue weighted by atomic mass is 10.1. The van der Waals surface area contributed by atoms with Gasteiger partial charge < -0.3 is 15.4 Å². The van der Waals surface area contributed by atoms with Crippen molar-refractivity contribution in [1.29, 1.82) is 0 Å². The monoisotopic (exact) mass is 409 g/mol. The molecule has 27 heavy (non-hydrogen) atoms. The number of ether oxygens (including phenoxy) is 1. The van der Waals surface area contributed by atoms with Crippen molar-refractivity contribution < 1.29 is 22.7 Å². The highest BCUT2D eigenvalue weighted by atomic mass is 35.5. The summed E-state index contributed by atoms with van der Waals surface area (Å²) in [5.41, 5.74) is 2.22. The molecule has 1 aliphatic rings. The van der Waals surface area contributed by atoms with Crippen molar-refractivity contribution >= 4 is 18.3 Å². The molecule has 1 aromatic carbocycles. The van der Waals surface area contributed by atoms with Crippen molar-refractivity contribution in [1.82, 2.24) is 15.5 Å². The Morgan fingerprint density at radius 3 is 2.52 bits per heavy atom. The van der Waals surface area contributed by atoms with E-state index in [9.17, 15) is 18.0 Å². The van der Waals surface area contributed by atoms with Gasteiger partial charge in [0.05, 0.1) is 13.0 Å². The summed E-state index contributed by atoms with van der Waals surface area (Å²) in [4.78, 5) is 13.2. The molecule has 1 amide bonds. The topological polar surface area (TPSA) is 53.6 Å². The molecule has 1 atom stereocenters. The zero-order valence-corrected chi connectivity index (χ0v) is 16.4. The number of piperazine rings is 1. The summed E-state index contributed by atoms with van der Waals surface area (Å²) in [6, 6.07) is 3.95. The van der Waals surface area contributed by atoms with Crippen molar-refractivity contribution in [3.05, 3.63) is 29.3 Å². The van der Waals surface area contributed by atoms with Gasteiger partial charge in [0, 0.05) is 32.7 Å². The lowest BCUT2D eigenvalue weighted by Crippen LogP contribution is -2.57. The first-order valence-corrected chi connectivity index (χ1v) is 8.75. The minimum absolute atomic E-state index is 0. The molecule has 1 unspecified atom stereocenters. The lowest BCUT2D eigenvalue weighted by Gasteiger charge is -2.35. The maximum absolute atomic E-state index is 13.3. The first-order valence-electron chi connectivity index (χ1n) is 8.75. The van der Waals surface area contributed by atoms with Crippen LogP contribution in [-0.2, 0) is 4.79 Å². The second-order valence-electron chi connectivity index (χ2n) is 6.49. The molecule has 2 N–H and O–H groups in total. The molecule has 154 valence electrons. The zero-order valence-electron chi connectivity index (χ0n) is 15.6. The zero-order chi connectivity index (χ0) is 19.2. The van der Waals surface area contributed by atoms with Crippen molar-refractivity contribution in [2.45, 2.75) is 32.5 Å². The number of carbonyl (C=O) groups excluding carboxylic acids is 1. The average Bonchev–Trinajstić information content (AvgIpc) is 2.58. The first kappa shape index (κ1) is 23.5. The van der Waals surface area contributed by atoms with Crippen molar-refractivity contribution in [3.63, 3.8) is 0 Å².